The molecule has 1 aromatic heterocycles. The predicted octanol–water partition coefficient (Wildman–Crippen LogP) is 4.96. The van der Waals surface area contributed by atoms with E-state index in [-0.39, 0.29) is 23.6 Å². The van der Waals surface area contributed by atoms with Gasteiger partial charge in [-0.25, -0.2) is 4.98 Å². The largest absolute Gasteiger partial charge is 0.481 e. The molecule has 4 aromatic rings. The van der Waals surface area contributed by atoms with Crippen LogP contribution in [-0.4, -0.2) is 20.8 Å². The van der Waals surface area contributed by atoms with Gasteiger partial charge in [0.05, 0.1) is 33.7 Å². The molecule has 0 radical (unpaired) electrons. The molecule has 0 saturated carbocycles. The van der Waals surface area contributed by atoms with E-state index in [0.29, 0.717) is 39.8 Å². The van der Waals surface area contributed by atoms with E-state index in [2.05, 4.69) is 32.1 Å². The number of aromatic nitrogens is 2. The third-order valence-electron chi connectivity index (χ3n) is 5.24. The van der Waals surface area contributed by atoms with Gasteiger partial charge in [-0.3, -0.25) is 14.9 Å². The Morgan fingerprint density at radius 2 is 2.03 bits per heavy atom. The van der Waals surface area contributed by atoms with Gasteiger partial charge < -0.3 is 4.74 Å². The van der Waals surface area contributed by atoms with Gasteiger partial charge in [-0.1, -0.05) is 47.1 Å². The Bertz CT molecular complexity index is 1570. The monoisotopic (exact) mass is 531 g/mol. The molecule has 0 amide bonds. The second-order valence-corrected chi connectivity index (χ2v) is 8.33. The minimum atomic E-state index is -0.554. The molecule has 3 aromatic carbocycles. The zero-order valence-electron chi connectivity index (χ0n) is 18.5. The summed E-state index contributed by atoms with van der Waals surface area (Å²) >= 11 is 3.37. The van der Waals surface area contributed by atoms with Gasteiger partial charge in [0.2, 0.25) is 5.75 Å². The summed E-state index contributed by atoms with van der Waals surface area (Å²) in [6.45, 7) is 1.80. The van der Waals surface area contributed by atoms with Crippen molar-refractivity contribution in [2.75, 3.05) is 0 Å². The van der Waals surface area contributed by atoms with E-state index in [1.54, 1.807) is 48.5 Å². The lowest BCUT2D eigenvalue weighted by atomic mass is 10.1. The average Bonchev–Trinajstić information content (AvgIpc) is 2.87. The molecule has 9 nitrogen and oxygen atoms in total. The Balaban J connectivity index is 1.78. The molecule has 0 aliphatic carbocycles. The summed E-state index contributed by atoms with van der Waals surface area (Å²) in [6, 6.07) is 18.6. The lowest BCUT2D eigenvalue weighted by molar-refractivity contribution is -0.385. The number of benzene rings is 3. The van der Waals surface area contributed by atoms with Gasteiger partial charge in [-0.05, 0) is 30.3 Å². The molecule has 4 rings (SSSR count). The maximum atomic E-state index is 13.1. The van der Waals surface area contributed by atoms with Crippen LogP contribution >= 0.6 is 15.9 Å². The molecule has 0 aliphatic heterocycles. The molecule has 0 unspecified atom stereocenters. The Kier molecular flexibility index (Phi) is 6.98. The van der Waals surface area contributed by atoms with Crippen LogP contribution in [-0.2, 0) is 13.0 Å². The number of nitro groups is 1. The topological polar surface area (TPSA) is 123 Å². The van der Waals surface area contributed by atoms with Gasteiger partial charge >= 0.3 is 5.69 Å². The SMILES string of the molecule is CCc1nc2ccc(Br)cc2c(=O)n1N=Cc1cccc([N+](=O)[O-])c1OCc1ccccc1C#N. The Hall–Kier alpha value is -4.36. The zero-order valence-corrected chi connectivity index (χ0v) is 20.1. The van der Waals surface area contributed by atoms with Crippen LogP contribution in [0.4, 0.5) is 5.69 Å². The summed E-state index contributed by atoms with van der Waals surface area (Å²) in [5.74, 6) is 0.425. The summed E-state index contributed by atoms with van der Waals surface area (Å²) < 4.78 is 7.74. The zero-order chi connectivity index (χ0) is 24.9. The van der Waals surface area contributed by atoms with E-state index in [4.69, 9.17) is 4.74 Å². The van der Waals surface area contributed by atoms with Crippen LogP contribution in [0.2, 0.25) is 0 Å². The van der Waals surface area contributed by atoms with Gasteiger partial charge in [-0.2, -0.15) is 15.0 Å². The molecule has 0 bridgehead atoms. The number of hydrogen-bond acceptors (Lipinski definition) is 7. The minimum absolute atomic E-state index is 0.0171. The van der Waals surface area contributed by atoms with Crippen molar-refractivity contribution >= 4 is 38.7 Å². The van der Waals surface area contributed by atoms with Gasteiger partial charge in [-0.15, -0.1) is 0 Å². The number of fused-ring (bicyclic) bond motifs is 1. The first-order valence-electron chi connectivity index (χ1n) is 10.6. The second kappa shape index (κ2) is 10.3. The quantitative estimate of drug-likeness (QED) is 0.188. The fourth-order valence-electron chi connectivity index (χ4n) is 3.51. The third-order valence-corrected chi connectivity index (χ3v) is 5.73. The lowest BCUT2D eigenvalue weighted by Gasteiger charge is -2.11. The number of rotatable bonds is 7. The molecule has 35 heavy (non-hydrogen) atoms. The molecular weight excluding hydrogens is 514 g/mol. The first-order chi connectivity index (χ1) is 16.9. The Morgan fingerprint density at radius 3 is 2.77 bits per heavy atom. The summed E-state index contributed by atoms with van der Waals surface area (Å²) in [5.41, 5.74) is 1.24. The first-order valence-corrected chi connectivity index (χ1v) is 11.4. The van der Waals surface area contributed by atoms with Gasteiger partial charge in [0.15, 0.2) is 0 Å². The molecule has 0 atom stereocenters. The minimum Gasteiger partial charge on any atom is -0.481 e. The molecule has 0 aliphatic rings. The highest BCUT2D eigenvalue weighted by Crippen LogP contribution is 2.31. The van der Waals surface area contributed by atoms with Crippen LogP contribution in [0, 0.1) is 21.4 Å². The maximum Gasteiger partial charge on any atom is 0.311 e. The van der Waals surface area contributed by atoms with Crippen molar-refractivity contribution in [3.63, 3.8) is 0 Å². The molecule has 0 fully saturated rings. The number of nitrogens with zero attached hydrogens (tertiary/aromatic N) is 5. The summed E-state index contributed by atoms with van der Waals surface area (Å²) in [4.78, 5) is 28.8. The van der Waals surface area contributed by atoms with Crippen LogP contribution < -0.4 is 10.3 Å². The standard InChI is InChI=1S/C25H18BrN5O4/c1-2-23-29-21-11-10-19(26)12-20(21)25(32)30(23)28-14-17-8-5-9-22(31(33)34)24(17)35-15-18-7-4-3-6-16(18)13-27/h3-12,14H,2,15H2,1H3. The number of hydrogen-bond donors (Lipinski definition) is 0. The van der Waals surface area contributed by atoms with Crippen molar-refractivity contribution in [1.29, 1.82) is 5.26 Å². The molecule has 0 spiro atoms. The van der Waals surface area contributed by atoms with E-state index in [9.17, 15) is 20.2 Å². The van der Waals surface area contributed by atoms with Crippen LogP contribution in [0.1, 0.15) is 29.4 Å². The van der Waals surface area contributed by atoms with Crippen molar-refractivity contribution in [2.24, 2.45) is 5.10 Å². The highest BCUT2D eigenvalue weighted by molar-refractivity contribution is 9.10. The third kappa shape index (κ3) is 4.95. The number of nitriles is 1. The van der Waals surface area contributed by atoms with E-state index in [0.717, 1.165) is 4.47 Å². The predicted molar refractivity (Wildman–Crippen MR) is 135 cm³/mol. The van der Waals surface area contributed by atoms with Crippen LogP contribution in [0.3, 0.4) is 0 Å². The van der Waals surface area contributed by atoms with Gasteiger partial charge in [0, 0.05) is 28.1 Å². The van der Waals surface area contributed by atoms with Crippen molar-refractivity contribution in [1.82, 2.24) is 9.66 Å². The normalized spacial score (nSPS) is 11.0. The molecule has 0 saturated heterocycles. The number of nitro benzene ring substituents is 1. The second-order valence-electron chi connectivity index (χ2n) is 7.41. The van der Waals surface area contributed by atoms with Crippen LogP contribution in [0.5, 0.6) is 5.75 Å². The van der Waals surface area contributed by atoms with Crippen LogP contribution in [0.15, 0.2) is 75.0 Å². The average molecular weight is 532 g/mol. The summed E-state index contributed by atoms with van der Waals surface area (Å²) in [6.07, 6.45) is 1.78. The highest BCUT2D eigenvalue weighted by atomic mass is 79.9. The van der Waals surface area contributed by atoms with Crippen molar-refractivity contribution in [2.45, 2.75) is 20.0 Å². The molecule has 10 heteroatoms. The maximum absolute atomic E-state index is 13.1. The molecular formula is C25H18BrN5O4. The van der Waals surface area contributed by atoms with E-state index >= 15 is 0 Å². The number of ether oxygens (including phenoxy) is 1. The van der Waals surface area contributed by atoms with E-state index in [1.807, 2.05) is 6.92 Å². The van der Waals surface area contributed by atoms with Gasteiger partial charge in [0.25, 0.3) is 5.56 Å². The number of para-hydroxylation sites is 1. The van der Waals surface area contributed by atoms with Gasteiger partial charge in [0.1, 0.15) is 12.4 Å². The smallest absolute Gasteiger partial charge is 0.311 e. The summed E-state index contributed by atoms with van der Waals surface area (Å²) in [7, 11) is 0. The van der Waals surface area contributed by atoms with E-state index in [1.165, 1.54) is 23.0 Å². The Labute approximate surface area is 208 Å². The van der Waals surface area contributed by atoms with Crippen LogP contribution in [0.25, 0.3) is 10.9 Å². The fourth-order valence-corrected chi connectivity index (χ4v) is 3.87. The number of halogens is 1. The van der Waals surface area contributed by atoms with E-state index < -0.39 is 4.92 Å². The van der Waals surface area contributed by atoms with Crippen molar-refractivity contribution in [3.8, 4) is 11.8 Å². The highest BCUT2D eigenvalue weighted by Gasteiger charge is 2.19. The first kappa shape index (κ1) is 23.8. The number of aryl methyl sites for hydroxylation is 1. The fraction of sp³-hybridized carbons (Fsp3) is 0.120. The van der Waals surface area contributed by atoms with Crippen molar-refractivity contribution < 1.29 is 9.66 Å². The Morgan fingerprint density at radius 1 is 1.23 bits per heavy atom. The molecule has 1 heterocycles. The summed E-state index contributed by atoms with van der Waals surface area (Å²) in [5, 5.41) is 25.7. The molecule has 174 valence electrons. The lowest BCUT2D eigenvalue weighted by Crippen LogP contribution is -2.22. The molecule has 0 N–H and O–H groups in total. The van der Waals surface area contributed by atoms with Crippen molar-refractivity contribution in [3.05, 3.63) is 108 Å².